The molecule has 1 N–H and O–H groups in total. The highest BCUT2D eigenvalue weighted by Gasteiger charge is 2.26. The molecule has 2 aromatic rings. The lowest BCUT2D eigenvalue weighted by atomic mass is 9.89. The lowest BCUT2D eigenvalue weighted by molar-refractivity contribution is -0.123. The smallest absolute Gasteiger partial charge is 0.247 e. The van der Waals surface area contributed by atoms with Gasteiger partial charge in [-0.1, -0.05) is 18.2 Å². The molecule has 1 fully saturated rings. The SMILES string of the molecule is O=C(Cc1ccccc1F)C1CCN(Cc2nsnc2O)CC1. The van der Waals surface area contributed by atoms with E-state index < -0.39 is 0 Å². The third kappa shape index (κ3) is 3.92. The van der Waals surface area contributed by atoms with E-state index in [-0.39, 0.29) is 29.8 Å². The van der Waals surface area contributed by atoms with Crippen molar-refractivity contribution >= 4 is 17.5 Å². The number of benzene rings is 1. The number of hydrogen-bond donors (Lipinski definition) is 1. The van der Waals surface area contributed by atoms with Gasteiger partial charge in [-0.3, -0.25) is 9.69 Å². The Hall–Kier alpha value is -1.86. The number of ketones is 1. The molecule has 122 valence electrons. The largest absolute Gasteiger partial charge is 0.491 e. The molecule has 7 heteroatoms. The summed E-state index contributed by atoms with van der Waals surface area (Å²) < 4.78 is 21.4. The number of carbonyl (C=O) groups excluding carboxylic acids is 1. The second-order valence-corrected chi connectivity index (χ2v) is 6.35. The van der Waals surface area contributed by atoms with Crippen LogP contribution in [-0.4, -0.2) is 37.6 Å². The molecule has 0 amide bonds. The molecule has 1 aromatic carbocycles. The maximum atomic E-state index is 13.6. The van der Waals surface area contributed by atoms with E-state index in [0.717, 1.165) is 37.7 Å². The molecule has 3 rings (SSSR count). The summed E-state index contributed by atoms with van der Waals surface area (Å²) in [7, 11) is 0. The van der Waals surface area contributed by atoms with Crippen LogP contribution < -0.4 is 0 Å². The highest BCUT2D eigenvalue weighted by Crippen LogP contribution is 2.23. The maximum Gasteiger partial charge on any atom is 0.247 e. The third-order valence-corrected chi connectivity index (χ3v) is 4.83. The van der Waals surface area contributed by atoms with Gasteiger partial charge in [0.2, 0.25) is 5.88 Å². The highest BCUT2D eigenvalue weighted by atomic mass is 32.1. The van der Waals surface area contributed by atoms with Crippen LogP contribution in [0.5, 0.6) is 5.88 Å². The van der Waals surface area contributed by atoms with Crippen LogP contribution in [0, 0.1) is 11.7 Å². The predicted molar refractivity (Wildman–Crippen MR) is 84.7 cm³/mol. The van der Waals surface area contributed by atoms with E-state index in [4.69, 9.17) is 0 Å². The quantitative estimate of drug-likeness (QED) is 0.909. The van der Waals surface area contributed by atoms with Gasteiger partial charge >= 0.3 is 0 Å². The first kappa shape index (κ1) is 16.0. The van der Waals surface area contributed by atoms with Gasteiger partial charge in [0, 0.05) is 18.9 Å². The van der Waals surface area contributed by atoms with Gasteiger partial charge in [-0.25, -0.2) is 4.39 Å². The summed E-state index contributed by atoms with van der Waals surface area (Å²) in [4.78, 5) is 14.5. The Morgan fingerprint density at radius 3 is 2.70 bits per heavy atom. The Bertz CT molecular complexity index is 683. The predicted octanol–water partition coefficient (Wildman–Crippen LogP) is 2.41. The van der Waals surface area contributed by atoms with E-state index in [1.807, 2.05) is 0 Å². The van der Waals surface area contributed by atoms with Gasteiger partial charge in [0.25, 0.3) is 0 Å². The molecule has 23 heavy (non-hydrogen) atoms. The fraction of sp³-hybridized carbons (Fsp3) is 0.438. The minimum Gasteiger partial charge on any atom is -0.491 e. The summed E-state index contributed by atoms with van der Waals surface area (Å²) in [5.74, 6) is -0.238. The molecule has 1 aliphatic rings. The Morgan fingerprint density at radius 2 is 2.04 bits per heavy atom. The number of aromatic hydroxyl groups is 1. The number of nitrogens with zero attached hydrogens (tertiary/aromatic N) is 3. The average molecular weight is 335 g/mol. The van der Waals surface area contributed by atoms with Gasteiger partial charge in [-0.2, -0.15) is 4.37 Å². The van der Waals surface area contributed by atoms with E-state index in [1.54, 1.807) is 18.2 Å². The van der Waals surface area contributed by atoms with Crippen LogP contribution in [0.4, 0.5) is 4.39 Å². The molecule has 1 aliphatic heterocycles. The van der Waals surface area contributed by atoms with E-state index in [0.29, 0.717) is 17.8 Å². The van der Waals surface area contributed by atoms with Crippen LogP contribution in [0.1, 0.15) is 24.1 Å². The summed E-state index contributed by atoms with van der Waals surface area (Å²) in [5, 5.41) is 9.53. The number of Topliss-reactive ketones (excluding diaryl/α,β-unsaturated/α-hetero) is 1. The average Bonchev–Trinajstić information content (AvgIpc) is 2.95. The van der Waals surface area contributed by atoms with Crippen molar-refractivity contribution in [2.75, 3.05) is 13.1 Å². The van der Waals surface area contributed by atoms with Crippen LogP contribution >= 0.6 is 11.7 Å². The first-order chi connectivity index (χ1) is 11.1. The first-order valence-corrected chi connectivity index (χ1v) is 8.35. The number of aromatic nitrogens is 2. The molecule has 0 saturated carbocycles. The minimum absolute atomic E-state index is 0.00671. The molecule has 5 nitrogen and oxygen atoms in total. The number of likely N-dealkylation sites (tertiary alicyclic amines) is 1. The zero-order valence-corrected chi connectivity index (χ0v) is 13.4. The van der Waals surface area contributed by atoms with Gasteiger partial charge in [-0.05, 0) is 37.6 Å². The molecule has 0 aliphatic carbocycles. The lowest BCUT2D eigenvalue weighted by Crippen LogP contribution is -2.36. The van der Waals surface area contributed by atoms with Gasteiger partial charge in [0.1, 0.15) is 17.3 Å². The normalized spacial score (nSPS) is 16.6. The zero-order valence-electron chi connectivity index (χ0n) is 12.6. The van der Waals surface area contributed by atoms with E-state index >= 15 is 0 Å². The second-order valence-electron chi connectivity index (χ2n) is 5.82. The Kier molecular flexibility index (Phi) is 4.97. The molecular weight excluding hydrogens is 317 g/mol. The van der Waals surface area contributed by atoms with Crippen molar-refractivity contribution in [3.8, 4) is 5.88 Å². The highest BCUT2D eigenvalue weighted by molar-refractivity contribution is 6.99. The summed E-state index contributed by atoms with van der Waals surface area (Å²) >= 11 is 0.997. The summed E-state index contributed by atoms with van der Waals surface area (Å²) in [6.07, 6.45) is 1.67. The summed E-state index contributed by atoms with van der Waals surface area (Å²) in [6.45, 7) is 2.09. The number of halogens is 1. The van der Waals surface area contributed by atoms with Crippen molar-refractivity contribution in [2.24, 2.45) is 5.92 Å². The minimum atomic E-state index is -0.315. The Labute approximate surface area is 138 Å². The number of carbonyl (C=O) groups is 1. The molecular formula is C16H18FN3O2S. The molecule has 0 atom stereocenters. The van der Waals surface area contributed by atoms with Gasteiger partial charge in [-0.15, -0.1) is 4.37 Å². The van der Waals surface area contributed by atoms with Crippen LogP contribution in [0.3, 0.4) is 0 Å². The first-order valence-electron chi connectivity index (χ1n) is 7.62. The van der Waals surface area contributed by atoms with Crippen molar-refractivity contribution in [3.63, 3.8) is 0 Å². The van der Waals surface area contributed by atoms with Gasteiger partial charge < -0.3 is 5.11 Å². The maximum absolute atomic E-state index is 13.6. The molecule has 0 bridgehead atoms. The van der Waals surface area contributed by atoms with Crippen molar-refractivity contribution in [1.82, 2.24) is 13.6 Å². The molecule has 0 radical (unpaired) electrons. The van der Waals surface area contributed by atoms with Gasteiger partial charge in [0.15, 0.2) is 0 Å². The van der Waals surface area contributed by atoms with Crippen LogP contribution in [0.2, 0.25) is 0 Å². The summed E-state index contributed by atoms with van der Waals surface area (Å²) in [6, 6.07) is 6.44. The Balaban J connectivity index is 1.51. The second kappa shape index (κ2) is 7.14. The molecule has 1 saturated heterocycles. The van der Waals surface area contributed by atoms with Crippen LogP contribution in [0.25, 0.3) is 0 Å². The number of hydrogen-bond acceptors (Lipinski definition) is 6. The van der Waals surface area contributed by atoms with E-state index in [2.05, 4.69) is 13.6 Å². The monoisotopic (exact) mass is 335 g/mol. The topological polar surface area (TPSA) is 66.3 Å². The third-order valence-electron chi connectivity index (χ3n) is 4.28. The fourth-order valence-electron chi connectivity index (χ4n) is 2.90. The van der Waals surface area contributed by atoms with Crippen molar-refractivity contribution in [1.29, 1.82) is 0 Å². The molecule has 0 spiro atoms. The van der Waals surface area contributed by atoms with E-state index in [9.17, 15) is 14.3 Å². The van der Waals surface area contributed by atoms with Crippen molar-refractivity contribution in [3.05, 3.63) is 41.3 Å². The lowest BCUT2D eigenvalue weighted by Gasteiger charge is -2.30. The van der Waals surface area contributed by atoms with Crippen LogP contribution in [-0.2, 0) is 17.8 Å². The zero-order chi connectivity index (χ0) is 16.2. The van der Waals surface area contributed by atoms with Gasteiger partial charge in [0.05, 0.1) is 11.7 Å². The van der Waals surface area contributed by atoms with Crippen molar-refractivity contribution in [2.45, 2.75) is 25.8 Å². The molecule has 0 unspecified atom stereocenters. The Morgan fingerprint density at radius 1 is 1.30 bits per heavy atom. The molecule has 1 aromatic heterocycles. The molecule has 2 heterocycles. The fourth-order valence-corrected chi connectivity index (χ4v) is 3.36. The van der Waals surface area contributed by atoms with Crippen molar-refractivity contribution < 1.29 is 14.3 Å². The van der Waals surface area contributed by atoms with E-state index in [1.165, 1.54) is 6.07 Å². The number of rotatable bonds is 5. The standard InChI is InChI=1S/C16H18FN3O2S/c17-13-4-2-1-3-12(13)9-15(21)11-5-7-20(8-6-11)10-14-16(22)19-23-18-14/h1-4,11H,5-10H2,(H,19,22). The van der Waals surface area contributed by atoms with Crippen LogP contribution in [0.15, 0.2) is 24.3 Å². The summed E-state index contributed by atoms with van der Waals surface area (Å²) in [5.41, 5.74) is 1.06. The number of piperidine rings is 1.